The second-order valence-corrected chi connectivity index (χ2v) is 3.68. The molecule has 1 saturated heterocycles. The maximum absolute atomic E-state index is 11.3. The number of nitrogens with one attached hydrogen (secondary N) is 1. The van der Waals surface area contributed by atoms with Crippen LogP contribution in [-0.2, 0) is 4.79 Å². The first kappa shape index (κ1) is 12.7. The van der Waals surface area contributed by atoms with E-state index in [1.807, 2.05) is 18.9 Å². The Labute approximate surface area is 86.2 Å². The number of hydrogen-bond donors (Lipinski definition) is 1. The maximum Gasteiger partial charge on any atom is 0.236 e. The van der Waals surface area contributed by atoms with Crippen molar-refractivity contribution in [3.8, 4) is 0 Å². The molecule has 0 unspecified atom stereocenters. The van der Waals surface area contributed by atoms with Crippen LogP contribution in [-0.4, -0.2) is 24.0 Å². The van der Waals surface area contributed by atoms with Gasteiger partial charge in [-0.3, -0.25) is 10.2 Å². The Morgan fingerprint density at radius 2 is 1.77 bits per heavy atom. The molecular weight excluding hydrogens is 188 g/mol. The lowest BCUT2D eigenvalue weighted by Crippen LogP contribution is -2.46. The highest BCUT2D eigenvalue weighted by Gasteiger charge is 2.14. The second-order valence-electron chi connectivity index (χ2n) is 3.68. The number of hydrazine groups is 1. The molecular formula is C9H19ClN2O. The van der Waals surface area contributed by atoms with Crippen LogP contribution in [0.4, 0.5) is 0 Å². The van der Waals surface area contributed by atoms with Crippen LogP contribution in [0.2, 0.25) is 0 Å². The zero-order valence-corrected chi connectivity index (χ0v) is 9.19. The molecule has 0 aromatic carbocycles. The largest absolute Gasteiger partial charge is 0.289 e. The Kier molecular flexibility index (Phi) is 6.08. The summed E-state index contributed by atoms with van der Waals surface area (Å²) in [6.07, 6.45) is 3.71. The number of amides is 1. The van der Waals surface area contributed by atoms with Gasteiger partial charge in [0.2, 0.25) is 5.91 Å². The molecule has 1 heterocycles. The normalized spacial score (nSPS) is 18.1. The summed E-state index contributed by atoms with van der Waals surface area (Å²) < 4.78 is 0. The number of hydrogen-bond acceptors (Lipinski definition) is 2. The van der Waals surface area contributed by atoms with E-state index < -0.39 is 0 Å². The van der Waals surface area contributed by atoms with Gasteiger partial charge in [0.1, 0.15) is 0 Å². The minimum atomic E-state index is 0. The van der Waals surface area contributed by atoms with Gasteiger partial charge >= 0.3 is 0 Å². The first-order chi connectivity index (χ1) is 5.70. The van der Waals surface area contributed by atoms with Crippen LogP contribution in [0, 0.1) is 5.92 Å². The van der Waals surface area contributed by atoms with Gasteiger partial charge in [-0.1, -0.05) is 20.3 Å². The molecule has 1 fully saturated rings. The minimum absolute atomic E-state index is 0. The molecule has 13 heavy (non-hydrogen) atoms. The summed E-state index contributed by atoms with van der Waals surface area (Å²) in [4.78, 5) is 11.3. The summed E-state index contributed by atoms with van der Waals surface area (Å²) in [5.41, 5.74) is 2.91. The summed E-state index contributed by atoms with van der Waals surface area (Å²) in [5, 5.41) is 2.03. The first-order valence-corrected chi connectivity index (χ1v) is 4.75. The number of carbonyl (C=O) groups excluding carboxylic acids is 1. The fourth-order valence-corrected chi connectivity index (χ4v) is 1.29. The highest BCUT2D eigenvalue weighted by Crippen LogP contribution is 2.06. The third-order valence-corrected chi connectivity index (χ3v) is 2.15. The fourth-order valence-electron chi connectivity index (χ4n) is 1.29. The van der Waals surface area contributed by atoms with E-state index in [1.54, 1.807) is 0 Å². The maximum atomic E-state index is 11.3. The van der Waals surface area contributed by atoms with Crippen LogP contribution >= 0.6 is 12.4 Å². The fraction of sp³-hybridized carbons (Fsp3) is 0.889. The number of carbonyl (C=O) groups is 1. The van der Waals surface area contributed by atoms with Gasteiger partial charge in [0, 0.05) is 19.0 Å². The monoisotopic (exact) mass is 206 g/mol. The van der Waals surface area contributed by atoms with E-state index in [-0.39, 0.29) is 24.2 Å². The SMILES string of the molecule is CC(C)C(=O)NN1CCCCC1.Cl. The van der Waals surface area contributed by atoms with E-state index in [0.29, 0.717) is 0 Å². The van der Waals surface area contributed by atoms with Crippen molar-refractivity contribution in [2.75, 3.05) is 13.1 Å². The average Bonchev–Trinajstić information content (AvgIpc) is 2.06. The summed E-state index contributed by atoms with van der Waals surface area (Å²) in [5.74, 6) is 0.226. The Balaban J connectivity index is 0.00000144. The summed E-state index contributed by atoms with van der Waals surface area (Å²) in [7, 11) is 0. The van der Waals surface area contributed by atoms with Gasteiger partial charge in [0.15, 0.2) is 0 Å². The van der Waals surface area contributed by atoms with Gasteiger partial charge in [-0.2, -0.15) is 0 Å². The molecule has 78 valence electrons. The van der Waals surface area contributed by atoms with E-state index >= 15 is 0 Å². The molecule has 0 aliphatic carbocycles. The lowest BCUT2D eigenvalue weighted by molar-refractivity contribution is -0.129. The number of rotatable bonds is 2. The van der Waals surface area contributed by atoms with Crippen molar-refractivity contribution >= 4 is 18.3 Å². The zero-order valence-electron chi connectivity index (χ0n) is 8.38. The molecule has 0 radical (unpaired) electrons. The van der Waals surface area contributed by atoms with E-state index in [1.165, 1.54) is 19.3 Å². The minimum Gasteiger partial charge on any atom is -0.289 e. The Morgan fingerprint density at radius 3 is 2.23 bits per heavy atom. The van der Waals surface area contributed by atoms with Crippen LogP contribution in [0.1, 0.15) is 33.1 Å². The molecule has 0 spiro atoms. The average molecular weight is 207 g/mol. The zero-order chi connectivity index (χ0) is 8.97. The van der Waals surface area contributed by atoms with Crippen molar-refractivity contribution in [3.05, 3.63) is 0 Å². The van der Waals surface area contributed by atoms with Crippen LogP contribution < -0.4 is 5.43 Å². The van der Waals surface area contributed by atoms with Crippen molar-refractivity contribution in [3.63, 3.8) is 0 Å². The molecule has 4 heteroatoms. The Hall–Kier alpha value is -0.280. The lowest BCUT2D eigenvalue weighted by atomic mass is 10.1. The standard InChI is InChI=1S/C9H18N2O.ClH/c1-8(2)9(12)10-11-6-4-3-5-7-11;/h8H,3-7H2,1-2H3,(H,10,12);1H. The molecule has 1 amide bonds. The molecule has 1 aliphatic rings. The van der Waals surface area contributed by atoms with E-state index in [2.05, 4.69) is 5.43 Å². The molecule has 0 bridgehead atoms. The highest BCUT2D eigenvalue weighted by atomic mass is 35.5. The van der Waals surface area contributed by atoms with Crippen molar-refractivity contribution in [1.82, 2.24) is 10.4 Å². The Morgan fingerprint density at radius 1 is 1.23 bits per heavy atom. The van der Waals surface area contributed by atoms with Gasteiger partial charge in [0.25, 0.3) is 0 Å². The van der Waals surface area contributed by atoms with Crippen LogP contribution in [0.15, 0.2) is 0 Å². The summed E-state index contributed by atoms with van der Waals surface area (Å²) in [6.45, 7) is 5.86. The van der Waals surface area contributed by atoms with E-state index in [9.17, 15) is 4.79 Å². The molecule has 0 aromatic rings. The van der Waals surface area contributed by atoms with Crippen LogP contribution in [0.5, 0.6) is 0 Å². The first-order valence-electron chi connectivity index (χ1n) is 4.75. The van der Waals surface area contributed by atoms with Crippen molar-refractivity contribution in [2.45, 2.75) is 33.1 Å². The van der Waals surface area contributed by atoms with E-state index in [0.717, 1.165) is 13.1 Å². The van der Waals surface area contributed by atoms with Crippen molar-refractivity contribution in [2.24, 2.45) is 5.92 Å². The van der Waals surface area contributed by atoms with Crippen molar-refractivity contribution in [1.29, 1.82) is 0 Å². The molecule has 1 rings (SSSR count). The third-order valence-electron chi connectivity index (χ3n) is 2.15. The quantitative estimate of drug-likeness (QED) is 0.744. The van der Waals surface area contributed by atoms with Gasteiger partial charge in [-0.15, -0.1) is 12.4 Å². The van der Waals surface area contributed by atoms with Crippen molar-refractivity contribution < 1.29 is 4.79 Å². The van der Waals surface area contributed by atoms with Gasteiger partial charge in [0.05, 0.1) is 0 Å². The predicted molar refractivity (Wildman–Crippen MR) is 55.7 cm³/mol. The molecule has 0 atom stereocenters. The number of piperidine rings is 1. The predicted octanol–water partition coefficient (Wildman–Crippen LogP) is 1.58. The number of nitrogens with zero attached hydrogens (tertiary/aromatic N) is 1. The Bertz CT molecular complexity index is 156. The van der Waals surface area contributed by atoms with Crippen LogP contribution in [0.3, 0.4) is 0 Å². The highest BCUT2D eigenvalue weighted by molar-refractivity contribution is 5.85. The lowest BCUT2D eigenvalue weighted by Gasteiger charge is -2.27. The topological polar surface area (TPSA) is 32.3 Å². The third kappa shape index (κ3) is 4.48. The molecule has 1 N–H and O–H groups in total. The smallest absolute Gasteiger partial charge is 0.236 e. The number of halogens is 1. The van der Waals surface area contributed by atoms with Gasteiger partial charge < -0.3 is 0 Å². The summed E-state index contributed by atoms with van der Waals surface area (Å²) in [6, 6.07) is 0. The van der Waals surface area contributed by atoms with E-state index in [4.69, 9.17) is 0 Å². The summed E-state index contributed by atoms with van der Waals surface area (Å²) >= 11 is 0. The molecule has 3 nitrogen and oxygen atoms in total. The van der Waals surface area contributed by atoms with Gasteiger partial charge in [-0.05, 0) is 12.8 Å². The molecule has 0 aromatic heterocycles. The van der Waals surface area contributed by atoms with Crippen LogP contribution in [0.25, 0.3) is 0 Å². The second kappa shape index (κ2) is 6.22. The molecule has 1 aliphatic heterocycles. The molecule has 0 saturated carbocycles. The van der Waals surface area contributed by atoms with Gasteiger partial charge in [-0.25, -0.2) is 5.01 Å².